The number of benzene rings is 2. The molecule has 0 unspecified atom stereocenters. The monoisotopic (exact) mass is 698 g/mol. The summed E-state index contributed by atoms with van der Waals surface area (Å²) in [5.41, 5.74) is 3.30. The van der Waals surface area contributed by atoms with Gasteiger partial charge in [-0.15, -0.1) is 4.36 Å². The number of nitrogens with one attached hydrogen (secondary N) is 2. The number of nitrogens with zero attached hydrogens (tertiary/aromatic N) is 2. The van der Waals surface area contributed by atoms with Crippen LogP contribution in [0.1, 0.15) is 66.9 Å². The lowest BCUT2D eigenvalue weighted by atomic mass is 9.68. The first kappa shape index (κ1) is 33.4. The number of alkyl halides is 1. The van der Waals surface area contributed by atoms with Gasteiger partial charge in [0.25, 0.3) is 5.91 Å². The highest BCUT2D eigenvalue weighted by atomic mass is 35.5. The van der Waals surface area contributed by atoms with Crippen LogP contribution in [0.4, 0.5) is 14.9 Å². The van der Waals surface area contributed by atoms with Crippen molar-refractivity contribution in [2.24, 2.45) is 22.1 Å². The molecule has 0 saturated heterocycles. The van der Waals surface area contributed by atoms with E-state index in [-0.39, 0.29) is 35.2 Å². The Morgan fingerprint density at radius 3 is 2.81 bits per heavy atom. The van der Waals surface area contributed by atoms with Crippen molar-refractivity contribution in [2.45, 2.75) is 75.6 Å². The molecule has 2 bridgehead atoms. The van der Waals surface area contributed by atoms with Crippen molar-refractivity contribution in [1.82, 2.24) is 10.0 Å². The summed E-state index contributed by atoms with van der Waals surface area (Å²) in [6, 6.07) is 10.0. The minimum absolute atomic E-state index is 0.0456. The molecule has 1 spiro atoms. The van der Waals surface area contributed by atoms with Crippen molar-refractivity contribution in [2.75, 3.05) is 37.5 Å². The number of carbonyl (C=O) groups excluding carboxylic acids is 2. The third-order valence-electron chi connectivity index (χ3n) is 10.8. The molecule has 2 aliphatic heterocycles. The second-order valence-electron chi connectivity index (χ2n) is 14.4. The second kappa shape index (κ2) is 13.3. The van der Waals surface area contributed by atoms with Gasteiger partial charge in [0.05, 0.1) is 30.2 Å². The van der Waals surface area contributed by atoms with Crippen molar-refractivity contribution in [3.63, 3.8) is 0 Å². The second-order valence-corrected chi connectivity index (χ2v) is 16.8. The van der Waals surface area contributed by atoms with Crippen molar-refractivity contribution >= 4 is 39.1 Å². The van der Waals surface area contributed by atoms with Crippen LogP contribution in [0, 0.1) is 17.8 Å². The van der Waals surface area contributed by atoms with Gasteiger partial charge in [-0.2, -0.15) is 0 Å². The Bertz CT molecular complexity index is 1750. The van der Waals surface area contributed by atoms with E-state index in [0.29, 0.717) is 37.2 Å². The molecule has 12 heteroatoms. The first-order chi connectivity index (χ1) is 23.0. The molecule has 3 aliphatic carbocycles. The van der Waals surface area contributed by atoms with Crippen LogP contribution >= 0.6 is 11.6 Å². The van der Waals surface area contributed by atoms with E-state index < -0.39 is 34.1 Å². The molecule has 3 amide bonds. The zero-order valence-corrected chi connectivity index (χ0v) is 29.0. The molecule has 2 fully saturated rings. The highest BCUT2D eigenvalue weighted by Gasteiger charge is 2.44. The number of ether oxygens (including phenoxy) is 2. The lowest BCUT2D eigenvalue weighted by molar-refractivity contribution is 0.0131. The van der Waals surface area contributed by atoms with E-state index in [9.17, 15) is 18.2 Å². The number of hydrogen-bond acceptors (Lipinski definition) is 6. The third-order valence-corrected chi connectivity index (χ3v) is 13.0. The van der Waals surface area contributed by atoms with Crippen molar-refractivity contribution in [3.8, 4) is 5.75 Å². The summed E-state index contributed by atoms with van der Waals surface area (Å²) in [7, 11) is -1.81. The fourth-order valence-electron chi connectivity index (χ4n) is 8.02. The number of methoxy groups -OCH3 is 1. The minimum atomic E-state index is -3.56. The Hall–Kier alpha value is -3.15. The summed E-state index contributed by atoms with van der Waals surface area (Å²) in [4.78, 5) is 28.9. The van der Waals surface area contributed by atoms with Crippen LogP contribution in [-0.4, -0.2) is 67.0 Å². The first-order valence-corrected chi connectivity index (χ1v) is 19.1. The predicted octanol–water partition coefficient (Wildman–Crippen LogP) is 6.38. The standard InChI is InChI=1S/C36H44ClFN4O5S/c1-22-5-3-7-32(46-2)27-11-8-25(27)18-42-20-36(14-4-6-23-15-26(37)10-12-28(23)36)21-47-33-13-9-24(16-31(33)42)34(43)40-48(45,19-22)41-35(44)39-30-17-29(30)38/h3,7,9-10,12-13,15-16,22,25,27,29-30,32H,4-6,8,11,14,17-21H2,1-2H3,(H2,39,40,41,43,44,45)/b7-3+/t22-,25-,27+,29-,30+,32-,36-,48-/m0/s1. The normalized spacial score (nSPS) is 35.1. The molecule has 0 aromatic heterocycles. The number of carbonyl (C=O) groups is 2. The Morgan fingerprint density at radius 2 is 2.06 bits per heavy atom. The summed E-state index contributed by atoms with van der Waals surface area (Å²) in [5.74, 6) is 0.472. The molecular weight excluding hydrogens is 655 g/mol. The van der Waals surface area contributed by atoms with E-state index >= 15 is 0 Å². The van der Waals surface area contributed by atoms with Crippen molar-refractivity contribution in [3.05, 3.63) is 70.3 Å². The minimum Gasteiger partial charge on any atom is -0.490 e. The lowest BCUT2D eigenvalue weighted by Crippen LogP contribution is -2.49. The van der Waals surface area contributed by atoms with Crippen LogP contribution in [-0.2, 0) is 26.5 Å². The van der Waals surface area contributed by atoms with E-state index in [1.165, 1.54) is 11.1 Å². The molecule has 2 aromatic carbocycles. The topological polar surface area (TPSA) is 109 Å². The van der Waals surface area contributed by atoms with Gasteiger partial charge >= 0.3 is 6.03 Å². The number of fused-ring (bicyclic) bond motifs is 4. The maximum absolute atomic E-state index is 14.2. The van der Waals surface area contributed by atoms with Crippen LogP contribution in [0.2, 0.25) is 5.02 Å². The van der Waals surface area contributed by atoms with Crippen molar-refractivity contribution < 1.29 is 27.7 Å². The molecule has 2 heterocycles. The van der Waals surface area contributed by atoms with E-state index in [1.807, 2.05) is 19.1 Å². The van der Waals surface area contributed by atoms with Crippen LogP contribution in [0.3, 0.4) is 0 Å². The molecule has 2 saturated carbocycles. The zero-order chi connectivity index (χ0) is 33.6. The molecule has 8 atom stereocenters. The Kier molecular flexibility index (Phi) is 9.23. The van der Waals surface area contributed by atoms with Gasteiger partial charge < -0.3 is 19.7 Å². The largest absolute Gasteiger partial charge is 0.490 e. The van der Waals surface area contributed by atoms with E-state index in [1.54, 1.807) is 25.3 Å². The van der Waals surface area contributed by atoms with E-state index in [0.717, 1.165) is 49.4 Å². The highest BCUT2D eigenvalue weighted by Crippen LogP contribution is 2.47. The number of hydrogen-bond donors (Lipinski definition) is 2. The molecule has 5 aliphatic rings. The van der Waals surface area contributed by atoms with Gasteiger partial charge in [-0.25, -0.2) is 13.4 Å². The predicted molar refractivity (Wildman–Crippen MR) is 185 cm³/mol. The fourth-order valence-corrected chi connectivity index (χ4v) is 10.1. The smallest absolute Gasteiger partial charge is 0.327 e. The van der Waals surface area contributed by atoms with Crippen LogP contribution in [0.15, 0.2) is 52.9 Å². The van der Waals surface area contributed by atoms with Crippen LogP contribution in [0.5, 0.6) is 5.75 Å². The van der Waals surface area contributed by atoms with E-state index in [2.05, 4.69) is 37.5 Å². The van der Waals surface area contributed by atoms with Gasteiger partial charge in [0.15, 0.2) is 0 Å². The Labute approximate surface area is 287 Å². The molecule has 9 nitrogen and oxygen atoms in total. The summed E-state index contributed by atoms with van der Waals surface area (Å²) < 4.78 is 46.9. The van der Waals surface area contributed by atoms with Gasteiger partial charge in [0.2, 0.25) is 0 Å². The quantitative estimate of drug-likeness (QED) is 0.360. The highest BCUT2D eigenvalue weighted by molar-refractivity contribution is 7.92. The maximum Gasteiger partial charge on any atom is 0.327 e. The Morgan fingerprint density at radius 1 is 1.23 bits per heavy atom. The zero-order valence-electron chi connectivity index (χ0n) is 27.5. The molecule has 48 heavy (non-hydrogen) atoms. The SMILES string of the molecule is CO[C@H]1/C=C/C[C@H](C)C[S@@](=O)(NC(=O)N[C@@H]2C[C@@H]2F)=NC(=O)c2ccc3c(c2)N(C[C@@H]2CC[C@H]21)C[C@@]1(CCCc2cc(Cl)ccc21)CO3. The number of rotatable bonds is 3. The number of aryl methyl sites for hydroxylation is 1. The molecule has 258 valence electrons. The van der Waals surface area contributed by atoms with Gasteiger partial charge in [0, 0.05) is 42.6 Å². The lowest BCUT2D eigenvalue weighted by Gasteiger charge is -2.46. The molecule has 2 aromatic rings. The number of allylic oxidation sites excluding steroid dienone is 1. The number of urea groups is 1. The molecular formula is C36H44ClFN4O5S. The molecule has 7 rings (SSSR count). The fraction of sp³-hybridized carbons (Fsp3) is 0.556. The van der Waals surface area contributed by atoms with Crippen LogP contribution in [0.25, 0.3) is 0 Å². The Balaban J connectivity index is 1.28. The first-order valence-electron chi connectivity index (χ1n) is 17.1. The van der Waals surface area contributed by atoms with Gasteiger partial charge in [0.1, 0.15) is 21.8 Å². The van der Waals surface area contributed by atoms with Gasteiger partial charge in [-0.05, 0) is 97.7 Å². The average Bonchev–Trinajstić information content (AvgIpc) is 3.75. The summed E-state index contributed by atoms with van der Waals surface area (Å²) in [6.45, 7) is 3.86. The van der Waals surface area contributed by atoms with Crippen molar-refractivity contribution in [1.29, 1.82) is 0 Å². The molecule has 2 N–H and O–H groups in total. The molecule has 0 radical (unpaired) electrons. The van der Waals surface area contributed by atoms with Crippen LogP contribution < -0.4 is 19.7 Å². The average molecular weight is 699 g/mol. The number of halogens is 2. The maximum atomic E-state index is 14.2. The summed E-state index contributed by atoms with van der Waals surface area (Å²) >= 11 is 6.43. The summed E-state index contributed by atoms with van der Waals surface area (Å²) in [5, 5.41) is 3.23. The van der Waals surface area contributed by atoms with Gasteiger partial charge in [-0.3, -0.25) is 9.52 Å². The number of amides is 3. The van der Waals surface area contributed by atoms with E-state index in [4.69, 9.17) is 21.1 Å². The third kappa shape index (κ3) is 6.83. The summed E-state index contributed by atoms with van der Waals surface area (Å²) in [6.07, 6.45) is 8.79. The van der Waals surface area contributed by atoms with Gasteiger partial charge in [-0.1, -0.05) is 36.7 Å². The number of anilines is 1.